The summed E-state index contributed by atoms with van der Waals surface area (Å²) >= 11 is 0. The third kappa shape index (κ3) is 66.1. The minimum Gasteiger partial charge on any atom is -0.462 e. The first kappa shape index (κ1) is 89.5. The molecule has 0 saturated heterocycles. The van der Waals surface area contributed by atoms with Gasteiger partial charge in [-0.1, -0.05) is 220 Å². The third-order valence-electron chi connectivity index (χ3n) is 14.4. The van der Waals surface area contributed by atoms with Crippen molar-refractivity contribution in [1.82, 2.24) is 0 Å². The molecule has 0 aliphatic heterocycles. The summed E-state index contributed by atoms with van der Waals surface area (Å²) in [4.78, 5) is 72.6. The Hall–Kier alpha value is -4.54. The van der Waals surface area contributed by atoms with E-state index >= 15 is 0 Å². The number of carbonyl (C=O) groups excluding carboxylic acids is 4. The molecule has 0 aromatic heterocycles. The number of ether oxygens (including phenoxy) is 4. The van der Waals surface area contributed by atoms with Crippen LogP contribution in [-0.4, -0.2) is 96.7 Å². The second kappa shape index (κ2) is 67.0. The van der Waals surface area contributed by atoms with Crippen molar-refractivity contribution in [3.8, 4) is 0 Å². The summed E-state index contributed by atoms with van der Waals surface area (Å²) in [6, 6.07) is 0. The fourth-order valence-electron chi connectivity index (χ4n) is 8.94. The van der Waals surface area contributed by atoms with Gasteiger partial charge in [0, 0.05) is 25.7 Å². The highest BCUT2D eigenvalue weighted by atomic mass is 31.2. The van der Waals surface area contributed by atoms with E-state index in [0.29, 0.717) is 32.1 Å². The predicted molar refractivity (Wildman–Crippen MR) is 381 cm³/mol. The molecule has 0 aliphatic carbocycles. The molecule has 0 heterocycles. The van der Waals surface area contributed by atoms with Crippen LogP contribution in [0.2, 0.25) is 0 Å². The average Bonchev–Trinajstić information content (AvgIpc) is 1.36. The van der Waals surface area contributed by atoms with E-state index < -0.39 is 97.5 Å². The second-order valence-electron chi connectivity index (χ2n) is 23.4. The maximum Gasteiger partial charge on any atom is 0.472 e. The van der Waals surface area contributed by atoms with Gasteiger partial charge in [0.05, 0.1) is 26.4 Å². The zero-order valence-corrected chi connectivity index (χ0v) is 60.1. The molecule has 0 rings (SSSR count). The lowest BCUT2D eigenvalue weighted by Crippen LogP contribution is -2.30. The fraction of sp³-hybridized carbons (Fsp3) is 0.680. The molecular formula is C75H126O17P2. The maximum atomic E-state index is 13.0. The van der Waals surface area contributed by atoms with Crippen LogP contribution in [0, 0.1) is 0 Å². The van der Waals surface area contributed by atoms with Crippen LogP contribution in [0.4, 0.5) is 0 Å². The van der Waals surface area contributed by atoms with Crippen molar-refractivity contribution in [3.63, 3.8) is 0 Å². The Kier molecular flexibility index (Phi) is 63.8. The number of carbonyl (C=O) groups is 4. The quantitative estimate of drug-likeness (QED) is 0.0169. The van der Waals surface area contributed by atoms with E-state index in [0.717, 1.165) is 148 Å². The molecule has 0 spiro atoms. The lowest BCUT2D eigenvalue weighted by atomic mass is 10.1. The summed E-state index contributed by atoms with van der Waals surface area (Å²) in [6.07, 6.45) is 70.8. The van der Waals surface area contributed by atoms with Gasteiger partial charge in [-0.05, 0) is 148 Å². The van der Waals surface area contributed by atoms with Crippen molar-refractivity contribution in [2.75, 3.05) is 39.6 Å². The predicted octanol–water partition coefficient (Wildman–Crippen LogP) is 20.0. The lowest BCUT2D eigenvalue weighted by molar-refractivity contribution is -0.161. The molecule has 0 aromatic rings. The zero-order valence-electron chi connectivity index (χ0n) is 58.3. The number of phosphoric ester groups is 2. The van der Waals surface area contributed by atoms with Gasteiger partial charge in [0.25, 0.3) is 0 Å². The zero-order chi connectivity index (χ0) is 69.0. The highest BCUT2D eigenvalue weighted by molar-refractivity contribution is 7.47. The molecule has 0 aliphatic rings. The van der Waals surface area contributed by atoms with E-state index in [1.807, 2.05) is 0 Å². The first-order valence-corrected chi connectivity index (χ1v) is 38.8. The number of hydrogen-bond acceptors (Lipinski definition) is 15. The normalized spacial score (nSPS) is 14.8. The van der Waals surface area contributed by atoms with Gasteiger partial charge in [-0.25, -0.2) is 9.13 Å². The number of aliphatic hydroxyl groups is 1. The molecule has 5 unspecified atom stereocenters. The Morgan fingerprint density at radius 2 is 0.564 bits per heavy atom. The SMILES string of the molecule is CC/C=C\C/C=C\C/C=C\C/C=C\CCCCC(=O)OCC(COP(=O)(O)OCC(O)COP(=O)(O)OCC(COC(=O)CCCCCCC/C=C\CCCCCC)OC(=O)CCCCCCC/C=C\CCCC)OC(=O)CCCC/C=C\C/C=C\C/C=C\C/C=C\CC. The van der Waals surface area contributed by atoms with Crippen LogP contribution in [0.25, 0.3) is 0 Å². The molecule has 0 radical (unpaired) electrons. The van der Waals surface area contributed by atoms with Gasteiger partial charge < -0.3 is 33.8 Å². The number of esters is 4. The molecule has 0 aromatic carbocycles. The monoisotopic (exact) mass is 1360 g/mol. The number of rotatable bonds is 66. The summed E-state index contributed by atoms with van der Waals surface area (Å²) in [7, 11) is -9.97. The summed E-state index contributed by atoms with van der Waals surface area (Å²) in [6.45, 7) is 4.44. The number of allylic oxidation sites excluding steroid dienone is 20. The highest BCUT2D eigenvalue weighted by Crippen LogP contribution is 2.45. The van der Waals surface area contributed by atoms with Gasteiger partial charge >= 0.3 is 39.5 Å². The summed E-state index contributed by atoms with van der Waals surface area (Å²) in [5, 5.41) is 10.6. The van der Waals surface area contributed by atoms with Crippen LogP contribution >= 0.6 is 15.6 Å². The minimum atomic E-state index is -4.99. The Labute approximate surface area is 568 Å². The van der Waals surface area contributed by atoms with Gasteiger partial charge in [0.15, 0.2) is 12.2 Å². The highest BCUT2D eigenvalue weighted by Gasteiger charge is 2.30. The van der Waals surface area contributed by atoms with Crippen LogP contribution in [0.15, 0.2) is 122 Å². The van der Waals surface area contributed by atoms with Gasteiger partial charge in [0.1, 0.15) is 19.3 Å². The average molecular weight is 1360 g/mol. The van der Waals surface area contributed by atoms with Crippen LogP contribution in [0.1, 0.15) is 272 Å². The molecule has 0 bridgehead atoms. The Morgan fingerprint density at radius 3 is 0.915 bits per heavy atom. The summed E-state index contributed by atoms with van der Waals surface area (Å²) in [5.41, 5.74) is 0. The molecule has 0 amide bonds. The van der Waals surface area contributed by atoms with E-state index in [2.05, 4.69) is 149 Å². The van der Waals surface area contributed by atoms with Gasteiger partial charge in [-0.15, -0.1) is 0 Å². The summed E-state index contributed by atoms with van der Waals surface area (Å²) < 4.78 is 68.2. The molecule has 3 N–H and O–H groups in total. The molecule has 19 heteroatoms. The Morgan fingerprint density at radius 1 is 0.309 bits per heavy atom. The summed E-state index contributed by atoms with van der Waals surface area (Å²) in [5.74, 6) is -2.30. The van der Waals surface area contributed by atoms with Crippen molar-refractivity contribution < 1.29 is 80.2 Å². The largest absolute Gasteiger partial charge is 0.472 e. The first-order chi connectivity index (χ1) is 45.7. The lowest BCUT2D eigenvalue weighted by Gasteiger charge is -2.21. The number of unbranched alkanes of at least 4 members (excludes halogenated alkanes) is 20. The number of hydrogen-bond donors (Lipinski definition) is 3. The van der Waals surface area contributed by atoms with Gasteiger partial charge in [-0.2, -0.15) is 0 Å². The van der Waals surface area contributed by atoms with Crippen LogP contribution < -0.4 is 0 Å². The molecule has 0 saturated carbocycles. The van der Waals surface area contributed by atoms with E-state index in [9.17, 15) is 43.2 Å². The standard InChI is InChI=1S/C75H126O17P2/c1-5-9-13-17-21-25-29-32-34-37-41-44-48-52-56-60-73(78)86-66-71(92-75(80)62-58-54-50-46-42-38-35-33-30-26-22-18-14-10-6-2)68-90-94(83,84)88-64-69(76)63-87-93(81,82)89-67-70(91-74(79)61-57-53-49-45-39-28-24-20-16-12-8-4)65-85-72(77)59-55-51-47-43-40-36-31-27-23-19-15-11-7-3/h9-10,13-14,20-22,24-27,31-35,41-42,44,46,69-71,76H,5-8,11-12,15-19,23,28-30,36-40,43,45,47-68H2,1-4H3,(H,81,82)(H,83,84)/b13-9-,14-10-,24-20-,25-21-,26-22-,31-27-,34-32-,35-33-,44-41-,46-42-. The van der Waals surface area contributed by atoms with Crippen molar-refractivity contribution in [2.24, 2.45) is 0 Å². The van der Waals surface area contributed by atoms with E-state index in [4.69, 9.17) is 37.0 Å². The Balaban J connectivity index is 5.42. The fourth-order valence-corrected chi connectivity index (χ4v) is 10.5. The van der Waals surface area contributed by atoms with Gasteiger partial charge in [-0.3, -0.25) is 37.3 Å². The first-order valence-electron chi connectivity index (χ1n) is 35.8. The number of aliphatic hydroxyl groups excluding tert-OH is 1. The molecule has 94 heavy (non-hydrogen) atoms. The minimum absolute atomic E-state index is 0.0305. The van der Waals surface area contributed by atoms with E-state index in [1.165, 1.54) is 38.5 Å². The molecule has 538 valence electrons. The van der Waals surface area contributed by atoms with Crippen molar-refractivity contribution in [2.45, 2.75) is 290 Å². The molecule has 17 nitrogen and oxygen atoms in total. The molecular weight excluding hydrogens is 1230 g/mol. The van der Waals surface area contributed by atoms with Crippen molar-refractivity contribution in [3.05, 3.63) is 122 Å². The molecule has 5 atom stereocenters. The Bertz CT molecular complexity index is 2270. The third-order valence-corrected chi connectivity index (χ3v) is 16.3. The van der Waals surface area contributed by atoms with Crippen LogP contribution in [-0.2, 0) is 65.4 Å². The van der Waals surface area contributed by atoms with Crippen LogP contribution in [0.3, 0.4) is 0 Å². The second-order valence-corrected chi connectivity index (χ2v) is 26.3. The van der Waals surface area contributed by atoms with Crippen molar-refractivity contribution in [1.29, 1.82) is 0 Å². The van der Waals surface area contributed by atoms with Crippen LogP contribution in [0.5, 0.6) is 0 Å². The van der Waals surface area contributed by atoms with Gasteiger partial charge in [0.2, 0.25) is 0 Å². The number of phosphoric acid groups is 2. The smallest absolute Gasteiger partial charge is 0.462 e. The van der Waals surface area contributed by atoms with E-state index in [1.54, 1.807) is 0 Å². The van der Waals surface area contributed by atoms with Crippen molar-refractivity contribution >= 4 is 39.5 Å². The molecule has 0 fully saturated rings. The maximum absolute atomic E-state index is 13.0. The van der Waals surface area contributed by atoms with E-state index in [-0.39, 0.29) is 25.7 Å². The topological polar surface area (TPSA) is 237 Å².